The molecule has 2 rings (SSSR count). The molecule has 1 atom stereocenters. The molecule has 1 aromatic carbocycles. The highest BCUT2D eigenvalue weighted by Gasteiger charge is 2.17. The number of nitrogens with two attached hydrogens (primary N) is 1. The number of sulfonamides is 1. The van der Waals surface area contributed by atoms with Crippen molar-refractivity contribution in [2.75, 3.05) is 13.1 Å². The fourth-order valence-electron chi connectivity index (χ4n) is 2.79. The van der Waals surface area contributed by atoms with Crippen LogP contribution in [0.2, 0.25) is 0 Å². The Morgan fingerprint density at radius 1 is 1.21 bits per heavy atom. The van der Waals surface area contributed by atoms with E-state index in [1.165, 1.54) is 5.56 Å². The lowest BCUT2D eigenvalue weighted by Crippen LogP contribution is -2.32. The maximum absolute atomic E-state index is 12.3. The van der Waals surface area contributed by atoms with Gasteiger partial charge in [-0.1, -0.05) is 6.07 Å². The predicted molar refractivity (Wildman–Crippen MR) is 94.2 cm³/mol. The van der Waals surface area contributed by atoms with Crippen LogP contribution in [0.4, 0.5) is 0 Å². The number of rotatable bonds is 8. The molecule has 24 heavy (non-hydrogen) atoms. The SMILES string of the molecule is CC(N)CCNC(=O)CCNS(=O)(=O)c1ccc2c(c1)CCCC2. The normalized spacial score (nSPS) is 15.6. The Labute approximate surface area is 144 Å². The van der Waals surface area contributed by atoms with E-state index in [-0.39, 0.29) is 29.8 Å². The summed E-state index contributed by atoms with van der Waals surface area (Å²) in [6.07, 6.45) is 5.03. The molecule has 1 aromatic rings. The van der Waals surface area contributed by atoms with Crippen LogP contribution in [-0.4, -0.2) is 33.5 Å². The molecular weight excluding hydrogens is 326 g/mol. The third-order valence-corrected chi connectivity index (χ3v) is 5.65. The first kappa shape index (κ1) is 18.9. The zero-order chi connectivity index (χ0) is 17.6. The lowest BCUT2D eigenvalue weighted by molar-refractivity contribution is -0.120. The largest absolute Gasteiger partial charge is 0.356 e. The first-order valence-corrected chi connectivity index (χ1v) is 10.0. The summed E-state index contributed by atoms with van der Waals surface area (Å²) in [5.74, 6) is -0.177. The van der Waals surface area contributed by atoms with Gasteiger partial charge in [0.1, 0.15) is 0 Å². The van der Waals surface area contributed by atoms with E-state index in [2.05, 4.69) is 10.0 Å². The quantitative estimate of drug-likeness (QED) is 0.651. The Morgan fingerprint density at radius 3 is 2.62 bits per heavy atom. The second-order valence-electron chi connectivity index (χ2n) is 6.40. The van der Waals surface area contributed by atoms with Crippen LogP contribution in [0.15, 0.2) is 23.1 Å². The van der Waals surface area contributed by atoms with Crippen molar-refractivity contribution in [3.63, 3.8) is 0 Å². The molecule has 4 N–H and O–H groups in total. The van der Waals surface area contributed by atoms with Gasteiger partial charge in [0.25, 0.3) is 0 Å². The lowest BCUT2D eigenvalue weighted by Gasteiger charge is -2.16. The van der Waals surface area contributed by atoms with Gasteiger partial charge in [0.05, 0.1) is 4.90 Å². The standard InChI is InChI=1S/C17H27N3O3S/c1-13(18)8-10-19-17(21)9-11-20-24(22,23)16-7-6-14-4-2-3-5-15(14)12-16/h6-7,12-13,20H,2-5,8-11,18H2,1H3,(H,19,21). The van der Waals surface area contributed by atoms with Crippen LogP contribution < -0.4 is 15.8 Å². The Hall–Kier alpha value is -1.44. The monoisotopic (exact) mass is 353 g/mol. The van der Waals surface area contributed by atoms with E-state index in [0.717, 1.165) is 31.2 Å². The molecule has 0 fully saturated rings. The van der Waals surface area contributed by atoms with Crippen molar-refractivity contribution in [2.24, 2.45) is 5.73 Å². The Bertz CT molecular complexity index is 672. The second kappa shape index (κ2) is 8.60. The van der Waals surface area contributed by atoms with Crippen molar-refractivity contribution in [1.82, 2.24) is 10.0 Å². The van der Waals surface area contributed by atoms with Crippen molar-refractivity contribution >= 4 is 15.9 Å². The van der Waals surface area contributed by atoms with Gasteiger partial charge in [0, 0.05) is 25.6 Å². The van der Waals surface area contributed by atoms with Crippen LogP contribution in [0.1, 0.15) is 43.7 Å². The molecule has 6 nitrogen and oxygen atoms in total. The van der Waals surface area contributed by atoms with E-state index >= 15 is 0 Å². The molecule has 0 spiro atoms. The first-order chi connectivity index (χ1) is 11.4. The minimum Gasteiger partial charge on any atom is -0.356 e. The molecule has 1 unspecified atom stereocenters. The fourth-order valence-corrected chi connectivity index (χ4v) is 3.87. The number of benzene rings is 1. The van der Waals surface area contributed by atoms with E-state index in [1.54, 1.807) is 12.1 Å². The smallest absolute Gasteiger partial charge is 0.240 e. The zero-order valence-corrected chi connectivity index (χ0v) is 15.0. The van der Waals surface area contributed by atoms with Crippen molar-refractivity contribution in [1.29, 1.82) is 0 Å². The predicted octanol–water partition coefficient (Wildman–Crippen LogP) is 1.09. The number of hydrogen-bond donors (Lipinski definition) is 3. The summed E-state index contributed by atoms with van der Waals surface area (Å²) >= 11 is 0. The van der Waals surface area contributed by atoms with Crippen molar-refractivity contribution in [3.05, 3.63) is 29.3 Å². The number of aryl methyl sites for hydroxylation is 2. The molecule has 0 aliphatic heterocycles. The number of carbonyl (C=O) groups is 1. The number of fused-ring (bicyclic) bond motifs is 1. The number of nitrogens with one attached hydrogen (secondary N) is 2. The minimum atomic E-state index is -3.57. The van der Waals surface area contributed by atoms with Gasteiger partial charge in [-0.3, -0.25) is 4.79 Å². The summed E-state index contributed by atoms with van der Waals surface area (Å²) in [7, 11) is -3.57. The molecule has 1 amide bonds. The lowest BCUT2D eigenvalue weighted by atomic mass is 9.92. The molecular formula is C17H27N3O3S. The molecule has 0 bridgehead atoms. The maximum Gasteiger partial charge on any atom is 0.240 e. The van der Waals surface area contributed by atoms with Crippen LogP contribution in [0, 0.1) is 0 Å². The number of carbonyl (C=O) groups excluding carboxylic acids is 1. The van der Waals surface area contributed by atoms with Gasteiger partial charge < -0.3 is 11.1 Å². The minimum absolute atomic E-state index is 0.0350. The highest BCUT2D eigenvalue weighted by molar-refractivity contribution is 7.89. The molecule has 0 aromatic heterocycles. The van der Waals surface area contributed by atoms with Gasteiger partial charge in [0.15, 0.2) is 0 Å². The van der Waals surface area contributed by atoms with E-state index in [0.29, 0.717) is 13.0 Å². The highest BCUT2D eigenvalue weighted by atomic mass is 32.2. The summed E-state index contributed by atoms with van der Waals surface area (Å²) < 4.78 is 27.2. The Kier molecular flexibility index (Phi) is 6.77. The van der Waals surface area contributed by atoms with Gasteiger partial charge in [-0.05, 0) is 62.3 Å². The highest BCUT2D eigenvalue weighted by Crippen LogP contribution is 2.23. The molecule has 1 aliphatic rings. The number of hydrogen-bond acceptors (Lipinski definition) is 4. The van der Waals surface area contributed by atoms with Gasteiger partial charge in [-0.2, -0.15) is 0 Å². The van der Waals surface area contributed by atoms with Crippen LogP contribution in [-0.2, 0) is 27.7 Å². The average Bonchev–Trinajstić information content (AvgIpc) is 2.54. The summed E-state index contributed by atoms with van der Waals surface area (Å²) in [5.41, 5.74) is 7.97. The average molecular weight is 353 g/mol. The molecule has 1 aliphatic carbocycles. The van der Waals surface area contributed by atoms with E-state index < -0.39 is 10.0 Å². The molecule has 0 saturated carbocycles. The third-order valence-electron chi connectivity index (χ3n) is 4.20. The molecule has 7 heteroatoms. The van der Waals surface area contributed by atoms with Crippen LogP contribution >= 0.6 is 0 Å². The zero-order valence-electron chi connectivity index (χ0n) is 14.2. The Morgan fingerprint density at radius 2 is 1.92 bits per heavy atom. The van der Waals surface area contributed by atoms with Gasteiger partial charge in [-0.15, -0.1) is 0 Å². The van der Waals surface area contributed by atoms with Gasteiger partial charge in [0.2, 0.25) is 15.9 Å². The Balaban J connectivity index is 1.84. The summed E-state index contributed by atoms with van der Waals surface area (Å²) in [4.78, 5) is 11.9. The second-order valence-corrected chi connectivity index (χ2v) is 8.17. The summed E-state index contributed by atoms with van der Waals surface area (Å²) in [6.45, 7) is 2.47. The van der Waals surface area contributed by atoms with Crippen LogP contribution in [0.3, 0.4) is 0 Å². The number of amides is 1. The molecule has 134 valence electrons. The van der Waals surface area contributed by atoms with E-state index in [4.69, 9.17) is 5.73 Å². The topological polar surface area (TPSA) is 101 Å². The van der Waals surface area contributed by atoms with Gasteiger partial charge in [-0.25, -0.2) is 13.1 Å². The summed E-state index contributed by atoms with van der Waals surface area (Å²) in [5, 5.41) is 2.73. The molecule has 0 radical (unpaired) electrons. The maximum atomic E-state index is 12.3. The van der Waals surface area contributed by atoms with Crippen molar-refractivity contribution in [2.45, 2.75) is 56.4 Å². The van der Waals surface area contributed by atoms with Crippen molar-refractivity contribution < 1.29 is 13.2 Å². The van der Waals surface area contributed by atoms with Gasteiger partial charge >= 0.3 is 0 Å². The van der Waals surface area contributed by atoms with Crippen molar-refractivity contribution in [3.8, 4) is 0 Å². The van der Waals surface area contributed by atoms with Crippen LogP contribution in [0.5, 0.6) is 0 Å². The third kappa shape index (κ3) is 5.58. The fraction of sp³-hybridized carbons (Fsp3) is 0.588. The molecule has 0 heterocycles. The first-order valence-electron chi connectivity index (χ1n) is 8.52. The van der Waals surface area contributed by atoms with Crippen LogP contribution in [0.25, 0.3) is 0 Å². The van der Waals surface area contributed by atoms with E-state index in [1.807, 2.05) is 13.0 Å². The van der Waals surface area contributed by atoms with E-state index in [9.17, 15) is 13.2 Å². The summed E-state index contributed by atoms with van der Waals surface area (Å²) in [6, 6.07) is 5.35. The molecule has 0 saturated heterocycles.